The summed E-state index contributed by atoms with van der Waals surface area (Å²) < 4.78 is 5.53. The summed E-state index contributed by atoms with van der Waals surface area (Å²) in [6.45, 7) is 1.16. The summed E-state index contributed by atoms with van der Waals surface area (Å²) >= 11 is 0. The average molecular weight is 365 g/mol. The van der Waals surface area contributed by atoms with Crippen LogP contribution in [0, 0.1) is 0 Å². The van der Waals surface area contributed by atoms with Crippen molar-refractivity contribution in [2.24, 2.45) is 0 Å². The number of aromatic amines is 1. The van der Waals surface area contributed by atoms with Gasteiger partial charge in [-0.25, -0.2) is 9.78 Å². The third-order valence-electron chi connectivity index (χ3n) is 4.72. The molecule has 138 valence electrons. The molecule has 27 heavy (non-hydrogen) atoms. The SMILES string of the molecule is O=C(O)c1cccc(NC2(c3nc(-c4ccncc4)n[nH]3)CCOCC2)c1. The van der Waals surface area contributed by atoms with Gasteiger partial charge in [0.25, 0.3) is 0 Å². The Morgan fingerprint density at radius 1 is 1.19 bits per heavy atom. The summed E-state index contributed by atoms with van der Waals surface area (Å²) in [5.41, 5.74) is 1.33. The Morgan fingerprint density at radius 3 is 2.70 bits per heavy atom. The Morgan fingerprint density at radius 2 is 1.96 bits per heavy atom. The normalized spacial score (nSPS) is 16.0. The van der Waals surface area contributed by atoms with Gasteiger partial charge in [-0.1, -0.05) is 6.07 Å². The van der Waals surface area contributed by atoms with Crippen LogP contribution in [0.25, 0.3) is 11.4 Å². The number of carbonyl (C=O) groups is 1. The third-order valence-corrected chi connectivity index (χ3v) is 4.72. The van der Waals surface area contributed by atoms with Gasteiger partial charge < -0.3 is 15.2 Å². The molecule has 3 N–H and O–H groups in total. The van der Waals surface area contributed by atoms with E-state index in [2.05, 4.69) is 20.5 Å². The number of hydrogen-bond acceptors (Lipinski definition) is 6. The van der Waals surface area contributed by atoms with E-state index in [4.69, 9.17) is 9.72 Å². The highest BCUT2D eigenvalue weighted by molar-refractivity contribution is 5.88. The number of pyridine rings is 1. The monoisotopic (exact) mass is 365 g/mol. The molecule has 4 rings (SSSR count). The standard InChI is InChI=1S/C19H19N5O3/c25-17(26)14-2-1-3-15(12-14)22-19(6-10-27-11-7-19)18-21-16(23-24-18)13-4-8-20-9-5-13/h1-5,8-9,12,22H,6-7,10-11H2,(H,25,26)(H,21,23,24). The maximum absolute atomic E-state index is 11.3. The molecule has 2 aromatic heterocycles. The van der Waals surface area contributed by atoms with Gasteiger partial charge in [0.1, 0.15) is 5.54 Å². The Balaban J connectivity index is 1.68. The predicted octanol–water partition coefficient (Wildman–Crippen LogP) is 2.68. The first-order chi connectivity index (χ1) is 13.2. The van der Waals surface area contributed by atoms with Crippen LogP contribution in [0.1, 0.15) is 29.0 Å². The molecule has 0 atom stereocenters. The molecule has 0 aliphatic carbocycles. The Kier molecular flexibility index (Phi) is 4.55. The molecular weight excluding hydrogens is 346 g/mol. The zero-order valence-electron chi connectivity index (χ0n) is 14.6. The summed E-state index contributed by atoms with van der Waals surface area (Å²) in [5, 5.41) is 20.1. The van der Waals surface area contributed by atoms with E-state index >= 15 is 0 Å². The predicted molar refractivity (Wildman–Crippen MR) is 98.4 cm³/mol. The number of nitrogens with zero attached hydrogens (tertiary/aromatic N) is 3. The number of H-pyrrole nitrogens is 1. The van der Waals surface area contributed by atoms with E-state index in [1.165, 1.54) is 0 Å². The van der Waals surface area contributed by atoms with Gasteiger partial charge in [0.05, 0.1) is 5.56 Å². The fourth-order valence-electron chi connectivity index (χ4n) is 3.25. The number of hydrogen-bond donors (Lipinski definition) is 3. The molecular formula is C19H19N5O3. The van der Waals surface area contributed by atoms with Gasteiger partial charge >= 0.3 is 5.97 Å². The van der Waals surface area contributed by atoms with Crippen LogP contribution in [0.5, 0.6) is 0 Å². The summed E-state index contributed by atoms with van der Waals surface area (Å²) in [7, 11) is 0. The van der Waals surface area contributed by atoms with Crippen molar-refractivity contribution in [3.63, 3.8) is 0 Å². The van der Waals surface area contributed by atoms with Crippen molar-refractivity contribution < 1.29 is 14.6 Å². The summed E-state index contributed by atoms with van der Waals surface area (Å²) in [5.74, 6) is 0.344. The van der Waals surface area contributed by atoms with Crippen LogP contribution in [0.3, 0.4) is 0 Å². The van der Waals surface area contributed by atoms with Gasteiger partial charge in [-0.2, -0.15) is 5.10 Å². The van der Waals surface area contributed by atoms with Gasteiger partial charge in [0.15, 0.2) is 11.6 Å². The molecule has 8 nitrogen and oxygen atoms in total. The van der Waals surface area contributed by atoms with Gasteiger partial charge in [0.2, 0.25) is 0 Å². The van der Waals surface area contributed by atoms with Crippen LogP contribution in [0.4, 0.5) is 5.69 Å². The van der Waals surface area contributed by atoms with Crippen LogP contribution in [-0.4, -0.2) is 44.5 Å². The van der Waals surface area contributed by atoms with Gasteiger partial charge in [-0.15, -0.1) is 0 Å². The van der Waals surface area contributed by atoms with Crippen LogP contribution in [0.15, 0.2) is 48.8 Å². The Bertz CT molecular complexity index is 935. The molecule has 3 aromatic rings. The number of nitrogens with one attached hydrogen (secondary N) is 2. The molecule has 3 heterocycles. The van der Waals surface area contributed by atoms with Crippen molar-refractivity contribution in [2.75, 3.05) is 18.5 Å². The van der Waals surface area contributed by atoms with Gasteiger partial charge in [0, 0.05) is 49.7 Å². The molecule has 0 spiro atoms. The summed E-state index contributed by atoms with van der Waals surface area (Å²) in [6.07, 6.45) is 4.78. The first-order valence-corrected chi connectivity index (χ1v) is 8.69. The topological polar surface area (TPSA) is 113 Å². The molecule has 1 saturated heterocycles. The van der Waals surface area contributed by atoms with Crippen LogP contribution >= 0.6 is 0 Å². The number of aromatic nitrogens is 4. The number of rotatable bonds is 5. The van der Waals surface area contributed by atoms with E-state index in [-0.39, 0.29) is 5.56 Å². The fourth-order valence-corrected chi connectivity index (χ4v) is 3.25. The minimum atomic E-state index is -0.959. The number of carboxylic acid groups (broad SMARTS) is 1. The lowest BCUT2D eigenvalue weighted by Crippen LogP contribution is -2.42. The fraction of sp³-hybridized carbons (Fsp3) is 0.263. The molecule has 0 amide bonds. The molecule has 0 saturated carbocycles. The first-order valence-electron chi connectivity index (χ1n) is 8.69. The molecule has 8 heteroatoms. The minimum absolute atomic E-state index is 0.234. The summed E-state index contributed by atoms with van der Waals surface area (Å²) in [6, 6.07) is 10.5. The maximum Gasteiger partial charge on any atom is 0.335 e. The highest BCUT2D eigenvalue weighted by Gasteiger charge is 2.38. The number of ether oxygens (including phenoxy) is 1. The highest BCUT2D eigenvalue weighted by atomic mass is 16.5. The lowest BCUT2D eigenvalue weighted by molar-refractivity contribution is 0.0567. The van der Waals surface area contributed by atoms with Crippen molar-refractivity contribution in [3.05, 3.63) is 60.2 Å². The highest BCUT2D eigenvalue weighted by Crippen LogP contribution is 2.35. The van der Waals surface area contributed by atoms with E-state index < -0.39 is 11.5 Å². The van der Waals surface area contributed by atoms with Crippen molar-refractivity contribution in [1.29, 1.82) is 0 Å². The lowest BCUT2D eigenvalue weighted by Gasteiger charge is -2.37. The lowest BCUT2D eigenvalue weighted by atomic mass is 9.88. The maximum atomic E-state index is 11.3. The largest absolute Gasteiger partial charge is 0.478 e. The van der Waals surface area contributed by atoms with Crippen molar-refractivity contribution >= 4 is 11.7 Å². The van der Waals surface area contributed by atoms with Crippen LogP contribution in [-0.2, 0) is 10.3 Å². The molecule has 0 radical (unpaired) electrons. The number of anilines is 1. The molecule has 0 unspecified atom stereocenters. The Labute approximate surface area is 155 Å². The third kappa shape index (κ3) is 3.52. The molecule has 0 bridgehead atoms. The van der Waals surface area contributed by atoms with E-state index in [0.29, 0.717) is 37.7 Å². The zero-order valence-corrected chi connectivity index (χ0v) is 14.6. The van der Waals surface area contributed by atoms with Crippen LogP contribution < -0.4 is 5.32 Å². The quantitative estimate of drug-likeness (QED) is 0.637. The van der Waals surface area contributed by atoms with Gasteiger partial charge in [-0.05, 0) is 30.3 Å². The second-order valence-corrected chi connectivity index (χ2v) is 6.45. The zero-order chi connectivity index (χ0) is 18.7. The summed E-state index contributed by atoms with van der Waals surface area (Å²) in [4.78, 5) is 20.0. The number of benzene rings is 1. The second kappa shape index (κ2) is 7.16. The second-order valence-electron chi connectivity index (χ2n) is 6.45. The first kappa shape index (κ1) is 17.2. The number of carboxylic acids is 1. The van der Waals surface area contributed by atoms with Crippen molar-refractivity contribution in [3.8, 4) is 11.4 Å². The Hall–Kier alpha value is -3.26. The molecule has 1 aromatic carbocycles. The molecule has 1 aliphatic rings. The van der Waals surface area contributed by atoms with E-state index in [0.717, 1.165) is 11.3 Å². The van der Waals surface area contributed by atoms with E-state index in [1.807, 2.05) is 18.2 Å². The molecule has 1 aliphatic heterocycles. The van der Waals surface area contributed by atoms with Crippen molar-refractivity contribution in [1.82, 2.24) is 20.2 Å². The number of aromatic carboxylic acids is 1. The average Bonchev–Trinajstić information content (AvgIpc) is 3.21. The van der Waals surface area contributed by atoms with Crippen LogP contribution in [0.2, 0.25) is 0 Å². The van der Waals surface area contributed by atoms with Crippen molar-refractivity contribution in [2.45, 2.75) is 18.4 Å². The van der Waals surface area contributed by atoms with E-state index in [9.17, 15) is 9.90 Å². The molecule has 1 fully saturated rings. The van der Waals surface area contributed by atoms with Gasteiger partial charge in [-0.3, -0.25) is 10.1 Å². The van der Waals surface area contributed by atoms with E-state index in [1.54, 1.807) is 30.6 Å². The smallest absolute Gasteiger partial charge is 0.335 e. The minimum Gasteiger partial charge on any atom is -0.478 e.